The van der Waals surface area contributed by atoms with Gasteiger partial charge in [0, 0.05) is 6.42 Å². The van der Waals surface area contributed by atoms with Crippen LogP contribution in [0.1, 0.15) is 51.0 Å². The zero-order chi connectivity index (χ0) is 17.5. The van der Waals surface area contributed by atoms with Crippen molar-refractivity contribution in [1.29, 1.82) is 0 Å². The maximum absolute atomic E-state index is 12.6. The third-order valence-corrected chi connectivity index (χ3v) is 4.17. The lowest BCUT2D eigenvalue weighted by molar-refractivity contribution is -0.122. The van der Waals surface area contributed by atoms with Crippen LogP contribution in [0.15, 0.2) is 30.3 Å². The highest BCUT2D eigenvalue weighted by Gasteiger charge is 2.17. The number of nitrogens with zero attached hydrogens (tertiary/aromatic N) is 2. The fourth-order valence-electron chi connectivity index (χ4n) is 2.75. The lowest BCUT2D eigenvalue weighted by Gasteiger charge is -2.21. The van der Waals surface area contributed by atoms with Gasteiger partial charge >= 0.3 is 0 Å². The number of benzene rings is 1. The van der Waals surface area contributed by atoms with E-state index in [4.69, 9.17) is 12.2 Å². The molecule has 5 nitrogen and oxygen atoms in total. The molecule has 2 aromatic rings. The quantitative estimate of drug-likeness (QED) is 0.715. The highest BCUT2D eigenvalue weighted by molar-refractivity contribution is 7.71. The first-order valence-electron chi connectivity index (χ1n) is 8.49. The van der Waals surface area contributed by atoms with Gasteiger partial charge in [0.25, 0.3) is 0 Å². The van der Waals surface area contributed by atoms with Gasteiger partial charge in [0.05, 0.1) is 6.04 Å². The number of aromatic amines is 1. The normalized spacial score (nSPS) is 12.3. The molecule has 24 heavy (non-hydrogen) atoms. The summed E-state index contributed by atoms with van der Waals surface area (Å²) in [5, 5.41) is 10.1. The number of hydrogen-bond donors (Lipinski definition) is 2. The lowest BCUT2D eigenvalue weighted by atomic mass is 9.97. The zero-order valence-electron chi connectivity index (χ0n) is 14.6. The van der Waals surface area contributed by atoms with Gasteiger partial charge in [-0.05, 0) is 36.5 Å². The number of nitrogens with one attached hydrogen (secondary N) is 2. The summed E-state index contributed by atoms with van der Waals surface area (Å²) >= 11 is 5.25. The number of aryl methyl sites for hydroxylation is 1. The molecule has 2 rings (SSSR count). The third kappa shape index (κ3) is 5.03. The molecule has 1 aromatic heterocycles. The van der Waals surface area contributed by atoms with Crippen molar-refractivity contribution >= 4 is 18.1 Å². The first-order valence-corrected chi connectivity index (χ1v) is 8.90. The first-order chi connectivity index (χ1) is 11.5. The van der Waals surface area contributed by atoms with E-state index >= 15 is 0 Å². The SMILES string of the molecule is CCCc1n[nH]c(=S)n1CC(=O)NC(CC(C)C)c1ccccc1. The second-order valence-corrected chi connectivity index (χ2v) is 6.83. The van der Waals surface area contributed by atoms with Crippen molar-refractivity contribution in [2.24, 2.45) is 5.92 Å². The van der Waals surface area contributed by atoms with Crippen LogP contribution in [-0.2, 0) is 17.8 Å². The van der Waals surface area contributed by atoms with Crippen molar-refractivity contribution < 1.29 is 4.79 Å². The molecule has 0 fully saturated rings. The van der Waals surface area contributed by atoms with E-state index in [2.05, 4.69) is 48.4 Å². The van der Waals surface area contributed by atoms with Gasteiger partial charge in [-0.15, -0.1) is 0 Å². The molecule has 0 aliphatic heterocycles. The average Bonchev–Trinajstić information content (AvgIpc) is 2.88. The standard InChI is InChI=1S/C18H26N4OS/c1-4-8-16-20-21-18(24)22(16)12-17(23)19-15(11-13(2)3)14-9-6-5-7-10-14/h5-7,9-10,13,15H,4,8,11-12H2,1-3H3,(H,19,23)(H,21,24). The Labute approximate surface area is 148 Å². The van der Waals surface area contributed by atoms with Crippen molar-refractivity contribution in [2.45, 2.75) is 52.6 Å². The summed E-state index contributed by atoms with van der Waals surface area (Å²) in [7, 11) is 0. The van der Waals surface area contributed by atoms with Crippen LogP contribution in [0.25, 0.3) is 0 Å². The van der Waals surface area contributed by atoms with E-state index in [0.29, 0.717) is 10.7 Å². The molecule has 0 aliphatic rings. The van der Waals surface area contributed by atoms with Crippen LogP contribution >= 0.6 is 12.2 Å². The van der Waals surface area contributed by atoms with Gasteiger partial charge in [0.15, 0.2) is 4.77 Å². The number of carbonyl (C=O) groups excluding carboxylic acids is 1. The molecule has 1 heterocycles. The molecule has 130 valence electrons. The predicted molar refractivity (Wildman–Crippen MR) is 98.2 cm³/mol. The minimum absolute atomic E-state index is 0.00870. The monoisotopic (exact) mass is 346 g/mol. The fraction of sp³-hybridized carbons (Fsp3) is 0.500. The van der Waals surface area contributed by atoms with Crippen LogP contribution < -0.4 is 5.32 Å². The topological polar surface area (TPSA) is 62.7 Å². The molecule has 0 spiro atoms. The summed E-state index contributed by atoms with van der Waals surface area (Å²) in [5.74, 6) is 1.28. The summed E-state index contributed by atoms with van der Waals surface area (Å²) in [4.78, 5) is 12.6. The summed E-state index contributed by atoms with van der Waals surface area (Å²) in [5.41, 5.74) is 1.13. The molecule has 0 saturated carbocycles. The highest BCUT2D eigenvalue weighted by Crippen LogP contribution is 2.21. The molecule has 1 atom stereocenters. The van der Waals surface area contributed by atoms with Crippen molar-refractivity contribution in [3.63, 3.8) is 0 Å². The van der Waals surface area contributed by atoms with Crippen molar-refractivity contribution in [3.8, 4) is 0 Å². The molecule has 6 heteroatoms. The lowest BCUT2D eigenvalue weighted by Crippen LogP contribution is -2.32. The Hall–Kier alpha value is -1.95. The minimum atomic E-state index is -0.0423. The highest BCUT2D eigenvalue weighted by atomic mass is 32.1. The second kappa shape index (κ2) is 8.78. The van der Waals surface area contributed by atoms with E-state index in [0.717, 1.165) is 30.7 Å². The Morgan fingerprint density at radius 2 is 2.04 bits per heavy atom. The Morgan fingerprint density at radius 1 is 1.33 bits per heavy atom. The van der Waals surface area contributed by atoms with E-state index in [9.17, 15) is 4.79 Å². The summed E-state index contributed by atoms with van der Waals surface area (Å²) in [6.07, 6.45) is 2.66. The van der Waals surface area contributed by atoms with Crippen molar-refractivity contribution in [2.75, 3.05) is 0 Å². The van der Waals surface area contributed by atoms with E-state index in [1.54, 1.807) is 4.57 Å². The van der Waals surface area contributed by atoms with E-state index in [1.807, 2.05) is 18.2 Å². The van der Waals surface area contributed by atoms with Crippen LogP contribution in [-0.4, -0.2) is 20.7 Å². The summed E-state index contributed by atoms with van der Waals surface area (Å²) in [6.45, 7) is 6.60. The number of aromatic nitrogens is 3. The number of H-pyrrole nitrogens is 1. The summed E-state index contributed by atoms with van der Waals surface area (Å²) in [6, 6.07) is 10.1. The molecule has 0 radical (unpaired) electrons. The molecule has 1 amide bonds. The smallest absolute Gasteiger partial charge is 0.240 e. The van der Waals surface area contributed by atoms with E-state index in [1.165, 1.54) is 0 Å². The maximum Gasteiger partial charge on any atom is 0.240 e. The molecule has 2 N–H and O–H groups in total. The molecular weight excluding hydrogens is 320 g/mol. The Bertz CT molecular complexity index is 705. The van der Waals surface area contributed by atoms with Crippen LogP contribution in [0, 0.1) is 10.7 Å². The zero-order valence-corrected chi connectivity index (χ0v) is 15.4. The van der Waals surface area contributed by atoms with Crippen LogP contribution in [0.3, 0.4) is 0 Å². The van der Waals surface area contributed by atoms with E-state index in [-0.39, 0.29) is 18.5 Å². The first kappa shape index (κ1) is 18.4. The van der Waals surface area contributed by atoms with Crippen molar-refractivity contribution in [1.82, 2.24) is 20.1 Å². The minimum Gasteiger partial charge on any atom is -0.348 e. The van der Waals surface area contributed by atoms with Crippen LogP contribution in [0.2, 0.25) is 0 Å². The molecule has 0 aliphatic carbocycles. The van der Waals surface area contributed by atoms with Crippen molar-refractivity contribution in [3.05, 3.63) is 46.5 Å². The molecule has 1 aromatic carbocycles. The Balaban J connectivity index is 2.11. The van der Waals surface area contributed by atoms with Crippen LogP contribution in [0.5, 0.6) is 0 Å². The predicted octanol–water partition coefficient (Wildman–Crippen LogP) is 3.80. The third-order valence-electron chi connectivity index (χ3n) is 3.86. The number of carbonyl (C=O) groups is 1. The Morgan fingerprint density at radius 3 is 2.67 bits per heavy atom. The van der Waals surface area contributed by atoms with Gasteiger partial charge in [0.2, 0.25) is 5.91 Å². The molecular formula is C18H26N4OS. The van der Waals surface area contributed by atoms with Gasteiger partial charge in [-0.3, -0.25) is 14.5 Å². The fourth-order valence-corrected chi connectivity index (χ4v) is 2.96. The van der Waals surface area contributed by atoms with Crippen LogP contribution in [0.4, 0.5) is 0 Å². The van der Waals surface area contributed by atoms with E-state index < -0.39 is 0 Å². The Kier molecular flexibility index (Phi) is 6.73. The second-order valence-electron chi connectivity index (χ2n) is 6.44. The van der Waals surface area contributed by atoms with Gasteiger partial charge in [-0.2, -0.15) is 5.10 Å². The number of hydrogen-bond acceptors (Lipinski definition) is 3. The molecule has 1 unspecified atom stereocenters. The van der Waals surface area contributed by atoms with Gasteiger partial charge in [-0.25, -0.2) is 0 Å². The average molecular weight is 347 g/mol. The summed E-state index contributed by atoms with van der Waals surface area (Å²) < 4.78 is 2.28. The number of rotatable bonds is 8. The number of amides is 1. The largest absolute Gasteiger partial charge is 0.348 e. The maximum atomic E-state index is 12.6. The molecule has 0 bridgehead atoms. The van der Waals surface area contributed by atoms with Gasteiger partial charge < -0.3 is 5.32 Å². The molecule has 0 saturated heterocycles. The van der Waals surface area contributed by atoms with Gasteiger partial charge in [-0.1, -0.05) is 51.1 Å². The van der Waals surface area contributed by atoms with Gasteiger partial charge in [0.1, 0.15) is 12.4 Å².